The quantitative estimate of drug-likeness (QED) is 0.175. The van der Waals surface area contributed by atoms with Crippen LogP contribution in [0.5, 0.6) is 11.5 Å². The summed E-state index contributed by atoms with van der Waals surface area (Å²) >= 11 is 0. The third-order valence-corrected chi connectivity index (χ3v) is 12.3. The van der Waals surface area contributed by atoms with Crippen molar-refractivity contribution in [2.24, 2.45) is 0 Å². The molecule has 3 heteroatoms. The minimum atomic E-state index is -2.18. The van der Waals surface area contributed by atoms with Crippen LogP contribution in [0.1, 0.15) is 36.0 Å². The van der Waals surface area contributed by atoms with Gasteiger partial charge < -0.3 is 0 Å². The molecule has 0 aromatic heterocycles. The summed E-state index contributed by atoms with van der Waals surface area (Å²) in [7, 11) is -2.18. The summed E-state index contributed by atoms with van der Waals surface area (Å²) in [5.74, 6) is 0.603. The fourth-order valence-electron chi connectivity index (χ4n) is 5.13. The predicted molar refractivity (Wildman–Crippen MR) is 148 cm³/mol. The van der Waals surface area contributed by atoms with Crippen LogP contribution in [0, 0.1) is 13.8 Å². The van der Waals surface area contributed by atoms with Crippen molar-refractivity contribution in [2.45, 2.75) is 39.5 Å². The molecule has 0 aliphatic rings. The molecule has 0 saturated carbocycles. The van der Waals surface area contributed by atoms with Crippen LogP contribution in [0.15, 0.2) is 97.1 Å². The minimum absolute atomic E-state index is 0.272. The number of phenols is 2. The Hall–Kier alpha value is -3.09. The van der Waals surface area contributed by atoms with Crippen LogP contribution in [0.25, 0.3) is 0 Å². The van der Waals surface area contributed by atoms with Gasteiger partial charge in [0, 0.05) is 0 Å². The van der Waals surface area contributed by atoms with Crippen LogP contribution < -0.4 is 15.9 Å². The van der Waals surface area contributed by atoms with E-state index in [1.165, 1.54) is 15.9 Å². The molecule has 0 radical (unpaired) electrons. The fourth-order valence-corrected chi connectivity index (χ4v) is 10.1. The molecule has 0 amide bonds. The molecule has 0 aliphatic carbocycles. The maximum atomic E-state index is 10.5. The molecule has 0 bridgehead atoms. The second kappa shape index (κ2) is 10.9. The molecule has 0 atom stereocenters. The van der Waals surface area contributed by atoms with Gasteiger partial charge in [0.15, 0.2) is 0 Å². The van der Waals surface area contributed by atoms with Crippen LogP contribution in [-0.2, 0) is 6.42 Å². The van der Waals surface area contributed by atoms with E-state index in [1.807, 2.05) is 13.8 Å². The number of phenolic OH excluding ortho intramolecular Hbond substituents is 2. The van der Waals surface area contributed by atoms with Gasteiger partial charge in [-0.25, -0.2) is 0 Å². The first-order valence-electron chi connectivity index (χ1n) is 12.2. The van der Waals surface area contributed by atoms with Crippen molar-refractivity contribution >= 4 is 23.2 Å². The zero-order valence-electron chi connectivity index (χ0n) is 20.2. The second-order valence-corrected chi connectivity index (χ2v) is 13.3. The number of rotatable bonds is 9. The van der Waals surface area contributed by atoms with Gasteiger partial charge in [-0.15, -0.1) is 0 Å². The zero-order chi connectivity index (χ0) is 24.0. The average Bonchev–Trinajstić information content (AvgIpc) is 2.89. The summed E-state index contributed by atoms with van der Waals surface area (Å²) in [6.07, 6.45) is 5.08. The van der Waals surface area contributed by atoms with Crippen molar-refractivity contribution in [1.29, 1.82) is 0 Å². The van der Waals surface area contributed by atoms with Gasteiger partial charge in [0.05, 0.1) is 0 Å². The molecule has 4 aromatic carbocycles. The first-order chi connectivity index (χ1) is 16.5. The van der Waals surface area contributed by atoms with E-state index in [-0.39, 0.29) is 5.75 Å². The number of hydrogen-bond acceptors (Lipinski definition) is 2. The molecule has 2 nitrogen and oxygen atoms in total. The third-order valence-electron chi connectivity index (χ3n) is 7.21. The zero-order valence-corrected chi connectivity index (χ0v) is 21.2. The molecule has 0 heterocycles. The number of unbranched alkanes of at least 4 members (excludes halogenated alkanes) is 2. The molecular formula is C31H35O2P. The van der Waals surface area contributed by atoms with E-state index in [9.17, 15) is 10.2 Å². The molecule has 34 heavy (non-hydrogen) atoms. The van der Waals surface area contributed by atoms with Crippen LogP contribution in [0.3, 0.4) is 0 Å². The van der Waals surface area contributed by atoms with Crippen LogP contribution in [-0.4, -0.2) is 16.4 Å². The maximum absolute atomic E-state index is 10.5. The SMILES string of the molecule is Cc1c(O)cc(CCCCC[PH](c2ccccc2)(c2ccccc2)c2ccccc2)c(O)c1C. The summed E-state index contributed by atoms with van der Waals surface area (Å²) in [6.45, 7) is 3.71. The van der Waals surface area contributed by atoms with Gasteiger partial charge in [0.1, 0.15) is 0 Å². The van der Waals surface area contributed by atoms with Gasteiger partial charge in [-0.05, 0) is 0 Å². The summed E-state index contributed by atoms with van der Waals surface area (Å²) in [6, 6.07) is 34.9. The molecule has 0 unspecified atom stereocenters. The van der Waals surface area contributed by atoms with Crippen molar-refractivity contribution in [3.63, 3.8) is 0 Å². The monoisotopic (exact) mass is 470 g/mol. The third kappa shape index (κ3) is 4.88. The molecule has 0 aliphatic heterocycles. The van der Waals surface area contributed by atoms with E-state index in [0.29, 0.717) is 5.75 Å². The Bertz CT molecular complexity index is 1110. The molecule has 0 spiro atoms. The van der Waals surface area contributed by atoms with Gasteiger partial charge in [-0.2, -0.15) is 0 Å². The Kier molecular flexibility index (Phi) is 7.70. The van der Waals surface area contributed by atoms with Crippen LogP contribution >= 0.6 is 7.26 Å². The predicted octanol–water partition coefficient (Wildman–Crippen LogP) is 6.15. The molecule has 4 aromatic rings. The molecule has 4 rings (SSSR count). The van der Waals surface area contributed by atoms with Crippen molar-refractivity contribution in [1.82, 2.24) is 0 Å². The Labute approximate surface area is 204 Å². The van der Waals surface area contributed by atoms with Gasteiger partial charge in [0.25, 0.3) is 0 Å². The summed E-state index contributed by atoms with van der Waals surface area (Å²) in [5, 5.41) is 25.1. The topological polar surface area (TPSA) is 40.5 Å². The summed E-state index contributed by atoms with van der Waals surface area (Å²) < 4.78 is 0. The van der Waals surface area contributed by atoms with Crippen molar-refractivity contribution < 1.29 is 10.2 Å². The van der Waals surface area contributed by atoms with E-state index in [2.05, 4.69) is 91.0 Å². The molecular weight excluding hydrogens is 435 g/mol. The van der Waals surface area contributed by atoms with Gasteiger partial charge in [0.2, 0.25) is 0 Å². The second-order valence-electron chi connectivity index (χ2n) is 9.22. The normalized spacial score (nSPS) is 11.9. The number of benzene rings is 4. The Morgan fingerprint density at radius 1 is 0.588 bits per heavy atom. The van der Waals surface area contributed by atoms with Crippen molar-refractivity contribution in [3.05, 3.63) is 114 Å². The van der Waals surface area contributed by atoms with Crippen LogP contribution in [0.4, 0.5) is 0 Å². The van der Waals surface area contributed by atoms with E-state index < -0.39 is 7.26 Å². The number of aryl methyl sites for hydroxylation is 1. The number of hydrogen-bond donors (Lipinski definition) is 2. The van der Waals surface area contributed by atoms with Crippen molar-refractivity contribution in [2.75, 3.05) is 6.16 Å². The Balaban J connectivity index is 1.58. The van der Waals surface area contributed by atoms with Gasteiger partial charge in [-0.1, -0.05) is 0 Å². The fraction of sp³-hybridized carbons (Fsp3) is 0.226. The van der Waals surface area contributed by atoms with Gasteiger partial charge >= 0.3 is 204 Å². The first-order valence-corrected chi connectivity index (χ1v) is 14.4. The van der Waals surface area contributed by atoms with E-state index in [1.54, 1.807) is 6.07 Å². The average molecular weight is 471 g/mol. The molecule has 176 valence electrons. The first kappa shape index (κ1) is 24.0. The van der Waals surface area contributed by atoms with E-state index in [4.69, 9.17) is 0 Å². The van der Waals surface area contributed by atoms with Gasteiger partial charge in [-0.3, -0.25) is 0 Å². The van der Waals surface area contributed by atoms with Crippen LogP contribution in [0.2, 0.25) is 0 Å². The Morgan fingerprint density at radius 3 is 1.53 bits per heavy atom. The molecule has 0 fully saturated rings. The summed E-state index contributed by atoms with van der Waals surface area (Å²) in [5.41, 5.74) is 2.38. The number of aromatic hydroxyl groups is 2. The van der Waals surface area contributed by atoms with Crippen molar-refractivity contribution in [3.8, 4) is 11.5 Å². The molecule has 0 saturated heterocycles. The molecule has 2 N–H and O–H groups in total. The standard InChI is InChI=1S/C31H35O2P/c1-24-25(2)31(33)26(23-30(24)32)15-7-6-14-22-34(27-16-8-3-9-17-27,28-18-10-4-11-19-28)29-20-12-5-13-21-29/h3-5,8-13,16-21,23,32-34H,6-7,14-15,22H2,1-2H3. The van der Waals surface area contributed by atoms with E-state index in [0.717, 1.165) is 48.5 Å². The summed E-state index contributed by atoms with van der Waals surface area (Å²) in [4.78, 5) is 0. The van der Waals surface area contributed by atoms with E-state index >= 15 is 0 Å². The Morgan fingerprint density at radius 2 is 1.06 bits per heavy atom.